The number of aryl methyl sites for hydroxylation is 2. The quantitative estimate of drug-likeness (QED) is 0.875. The SMILES string of the molecule is CCc1nn(C)c(CC(=O)CN2CCC(N)CC2)c1Br. The molecule has 2 N–H and O–H groups in total. The number of Topliss-reactive ketones (excluding diaryl/α,β-unsaturated/α-hetero) is 1. The Morgan fingerprint density at radius 3 is 2.65 bits per heavy atom. The highest BCUT2D eigenvalue weighted by Crippen LogP contribution is 2.22. The third kappa shape index (κ3) is 3.68. The van der Waals surface area contributed by atoms with E-state index in [1.54, 1.807) is 0 Å². The van der Waals surface area contributed by atoms with Gasteiger partial charge in [0.2, 0.25) is 0 Å². The molecule has 0 bridgehead atoms. The van der Waals surface area contributed by atoms with E-state index in [9.17, 15) is 4.79 Å². The van der Waals surface area contributed by atoms with Gasteiger partial charge in [-0.25, -0.2) is 0 Å². The Bertz CT molecular complexity index is 478. The zero-order valence-electron chi connectivity index (χ0n) is 12.2. The summed E-state index contributed by atoms with van der Waals surface area (Å²) in [4.78, 5) is 14.4. The standard InChI is InChI=1S/C14H23BrN4O/c1-3-12-14(15)13(18(2)17-12)8-11(20)9-19-6-4-10(16)5-7-19/h10H,3-9,16H2,1-2H3. The molecular formula is C14H23BrN4O. The molecule has 20 heavy (non-hydrogen) atoms. The van der Waals surface area contributed by atoms with Crippen molar-refractivity contribution in [2.75, 3.05) is 19.6 Å². The molecule has 6 heteroatoms. The largest absolute Gasteiger partial charge is 0.328 e. The van der Waals surface area contributed by atoms with Gasteiger partial charge in [0.1, 0.15) is 0 Å². The minimum absolute atomic E-state index is 0.242. The lowest BCUT2D eigenvalue weighted by Crippen LogP contribution is -2.42. The van der Waals surface area contributed by atoms with Crippen LogP contribution in [0.15, 0.2) is 4.47 Å². The topological polar surface area (TPSA) is 64.2 Å². The highest BCUT2D eigenvalue weighted by molar-refractivity contribution is 9.10. The molecule has 1 aliphatic rings. The van der Waals surface area contributed by atoms with E-state index < -0.39 is 0 Å². The van der Waals surface area contributed by atoms with Gasteiger partial charge in [-0.05, 0) is 35.2 Å². The van der Waals surface area contributed by atoms with Crippen molar-refractivity contribution in [3.63, 3.8) is 0 Å². The Morgan fingerprint density at radius 1 is 1.45 bits per heavy atom. The monoisotopic (exact) mass is 342 g/mol. The number of halogens is 1. The molecule has 1 aromatic rings. The molecule has 0 saturated carbocycles. The molecule has 2 heterocycles. The molecule has 0 aliphatic carbocycles. The average molecular weight is 343 g/mol. The Kier molecular flexibility index (Phi) is 5.35. The second kappa shape index (κ2) is 6.83. The Balaban J connectivity index is 1.93. The average Bonchev–Trinajstić information content (AvgIpc) is 2.69. The fourth-order valence-electron chi connectivity index (χ4n) is 2.61. The first-order valence-corrected chi connectivity index (χ1v) is 8.00. The molecule has 2 rings (SSSR count). The zero-order chi connectivity index (χ0) is 14.7. The molecule has 1 saturated heterocycles. The van der Waals surface area contributed by atoms with Crippen LogP contribution in [0.1, 0.15) is 31.2 Å². The van der Waals surface area contributed by atoms with Gasteiger partial charge in [0, 0.05) is 26.2 Å². The van der Waals surface area contributed by atoms with Gasteiger partial charge in [0.05, 0.1) is 28.8 Å². The van der Waals surface area contributed by atoms with Crippen molar-refractivity contribution in [1.29, 1.82) is 0 Å². The second-order valence-electron chi connectivity index (χ2n) is 5.51. The number of rotatable bonds is 5. The van der Waals surface area contributed by atoms with Gasteiger partial charge in [-0.1, -0.05) is 6.92 Å². The van der Waals surface area contributed by atoms with Gasteiger partial charge in [0.15, 0.2) is 5.78 Å². The molecule has 1 aliphatic heterocycles. The number of piperidine rings is 1. The fourth-order valence-corrected chi connectivity index (χ4v) is 3.37. The van der Waals surface area contributed by atoms with Gasteiger partial charge < -0.3 is 5.73 Å². The summed E-state index contributed by atoms with van der Waals surface area (Å²) in [6.45, 7) is 4.45. The molecule has 1 aromatic heterocycles. The highest BCUT2D eigenvalue weighted by Gasteiger charge is 2.20. The maximum atomic E-state index is 12.2. The van der Waals surface area contributed by atoms with Crippen LogP contribution in [-0.4, -0.2) is 46.1 Å². The fraction of sp³-hybridized carbons (Fsp3) is 0.714. The number of nitrogens with two attached hydrogens (primary N) is 1. The molecular weight excluding hydrogens is 320 g/mol. The summed E-state index contributed by atoms with van der Waals surface area (Å²) in [7, 11) is 1.90. The van der Waals surface area contributed by atoms with Crippen LogP contribution in [0.5, 0.6) is 0 Å². The van der Waals surface area contributed by atoms with Gasteiger partial charge in [-0.3, -0.25) is 14.4 Å². The van der Waals surface area contributed by atoms with Crippen LogP contribution in [0.2, 0.25) is 0 Å². The molecule has 0 spiro atoms. The Labute approximate surface area is 128 Å². The number of carbonyl (C=O) groups excluding carboxylic acids is 1. The van der Waals surface area contributed by atoms with Gasteiger partial charge in [-0.15, -0.1) is 0 Å². The number of carbonyl (C=O) groups is 1. The van der Waals surface area contributed by atoms with E-state index in [1.807, 2.05) is 11.7 Å². The molecule has 0 unspecified atom stereocenters. The second-order valence-corrected chi connectivity index (χ2v) is 6.31. The van der Waals surface area contributed by atoms with Crippen LogP contribution in [0.4, 0.5) is 0 Å². The van der Waals surface area contributed by atoms with Crippen LogP contribution in [0.3, 0.4) is 0 Å². The summed E-state index contributed by atoms with van der Waals surface area (Å²) in [5, 5.41) is 4.43. The van der Waals surface area contributed by atoms with E-state index >= 15 is 0 Å². The maximum Gasteiger partial charge on any atom is 0.152 e. The van der Waals surface area contributed by atoms with E-state index in [0.717, 1.165) is 48.2 Å². The Morgan fingerprint density at radius 2 is 2.10 bits per heavy atom. The van der Waals surface area contributed by atoms with Crippen molar-refractivity contribution in [2.45, 2.75) is 38.6 Å². The number of aromatic nitrogens is 2. The predicted molar refractivity (Wildman–Crippen MR) is 82.6 cm³/mol. The number of hydrogen-bond acceptors (Lipinski definition) is 4. The number of nitrogens with zero attached hydrogens (tertiary/aromatic N) is 3. The molecule has 1 fully saturated rings. The Hall–Kier alpha value is -0.720. The predicted octanol–water partition coefficient (Wildman–Crippen LogP) is 1.28. The first kappa shape index (κ1) is 15.7. The summed E-state index contributed by atoms with van der Waals surface area (Å²) < 4.78 is 2.80. The van der Waals surface area contributed by atoms with E-state index in [0.29, 0.717) is 19.0 Å². The third-order valence-electron chi connectivity index (χ3n) is 3.90. The van der Waals surface area contributed by atoms with Crippen molar-refractivity contribution < 1.29 is 4.79 Å². The number of hydrogen-bond donors (Lipinski definition) is 1. The molecule has 0 aromatic carbocycles. The number of ketones is 1. The van der Waals surface area contributed by atoms with Crippen molar-refractivity contribution in [2.24, 2.45) is 12.8 Å². The summed E-state index contributed by atoms with van der Waals surface area (Å²) in [5.74, 6) is 0.242. The van der Waals surface area contributed by atoms with Crippen molar-refractivity contribution in [3.8, 4) is 0 Å². The summed E-state index contributed by atoms with van der Waals surface area (Å²) in [5.41, 5.74) is 7.87. The maximum absolute atomic E-state index is 12.2. The van der Waals surface area contributed by atoms with Gasteiger partial charge >= 0.3 is 0 Å². The molecule has 5 nitrogen and oxygen atoms in total. The van der Waals surface area contributed by atoms with Crippen LogP contribution in [-0.2, 0) is 24.7 Å². The minimum atomic E-state index is 0.242. The minimum Gasteiger partial charge on any atom is -0.328 e. The normalized spacial score (nSPS) is 17.6. The highest BCUT2D eigenvalue weighted by atomic mass is 79.9. The first-order chi connectivity index (χ1) is 9.51. The lowest BCUT2D eigenvalue weighted by atomic mass is 10.1. The summed E-state index contributed by atoms with van der Waals surface area (Å²) in [6, 6.07) is 0.305. The molecule has 0 amide bonds. The lowest BCUT2D eigenvalue weighted by molar-refractivity contribution is -0.119. The van der Waals surface area contributed by atoms with Crippen molar-refractivity contribution in [3.05, 3.63) is 15.9 Å². The van der Waals surface area contributed by atoms with Gasteiger partial charge in [0.25, 0.3) is 0 Å². The zero-order valence-corrected chi connectivity index (χ0v) is 13.8. The first-order valence-electron chi connectivity index (χ1n) is 7.21. The van der Waals surface area contributed by atoms with Crippen molar-refractivity contribution >= 4 is 21.7 Å². The van der Waals surface area contributed by atoms with Crippen LogP contribution in [0, 0.1) is 0 Å². The van der Waals surface area contributed by atoms with E-state index in [4.69, 9.17) is 5.73 Å². The molecule has 112 valence electrons. The molecule has 0 radical (unpaired) electrons. The van der Waals surface area contributed by atoms with Crippen LogP contribution >= 0.6 is 15.9 Å². The van der Waals surface area contributed by atoms with Crippen LogP contribution < -0.4 is 5.73 Å². The van der Waals surface area contributed by atoms with E-state index in [1.165, 1.54) is 0 Å². The molecule has 0 atom stereocenters. The van der Waals surface area contributed by atoms with Crippen LogP contribution in [0.25, 0.3) is 0 Å². The summed E-state index contributed by atoms with van der Waals surface area (Å²) in [6.07, 6.45) is 3.28. The number of likely N-dealkylation sites (tertiary alicyclic amines) is 1. The third-order valence-corrected chi connectivity index (χ3v) is 4.82. The van der Waals surface area contributed by atoms with Gasteiger partial charge in [-0.2, -0.15) is 5.10 Å². The van der Waals surface area contributed by atoms with E-state index in [2.05, 4.69) is 32.9 Å². The smallest absolute Gasteiger partial charge is 0.152 e. The van der Waals surface area contributed by atoms with Crippen molar-refractivity contribution in [1.82, 2.24) is 14.7 Å². The summed E-state index contributed by atoms with van der Waals surface area (Å²) >= 11 is 3.56. The lowest BCUT2D eigenvalue weighted by Gasteiger charge is -2.29. The van der Waals surface area contributed by atoms with E-state index in [-0.39, 0.29) is 5.78 Å².